The zero-order chi connectivity index (χ0) is 20.1. The third-order valence-corrected chi connectivity index (χ3v) is 8.97. The van der Waals surface area contributed by atoms with Gasteiger partial charge in [0.2, 0.25) is 0 Å². The third-order valence-electron chi connectivity index (χ3n) is 8.97. The van der Waals surface area contributed by atoms with Crippen LogP contribution in [0.25, 0.3) is 0 Å². The van der Waals surface area contributed by atoms with Crippen molar-refractivity contribution >= 4 is 5.91 Å². The van der Waals surface area contributed by atoms with E-state index in [-0.39, 0.29) is 11.3 Å². The van der Waals surface area contributed by atoms with Crippen LogP contribution in [-0.2, 0) is 9.63 Å². The number of amides is 1. The average molecular weight is 390 g/mol. The summed E-state index contributed by atoms with van der Waals surface area (Å²) in [7, 11) is 3.27. The van der Waals surface area contributed by atoms with Crippen molar-refractivity contribution in [3.05, 3.63) is 11.6 Å². The number of carbonyl (C=O) groups is 1. The molecule has 0 aromatic rings. The van der Waals surface area contributed by atoms with Crippen LogP contribution in [0.4, 0.5) is 0 Å². The van der Waals surface area contributed by atoms with E-state index in [0.29, 0.717) is 5.92 Å². The number of aliphatic hydroxyl groups is 1. The minimum atomic E-state index is -0.440. The number of rotatable bonds is 2. The van der Waals surface area contributed by atoms with Gasteiger partial charge in [0.15, 0.2) is 0 Å². The maximum Gasteiger partial charge on any atom is 0.272 e. The molecule has 0 aromatic carbocycles. The van der Waals surface area contributed by atoms with Gasteiger partial charge in [0, 0.05) is 12.6 Å². The highest BCUT2D eigenvalue weighted by atomic mass is 16.7. The summed E-state index contributed by atoms with van der Waals surface area (Å²) in [5.41, 5.74) is 0.657. The summed E-state index contributed by atoms with van der Waals surface area (Å²) in [4.78, 5) is 17.9. The van der Waals surface area contributed by atoms with Crippen LogP contribution in [0.2, 0.25) is 0 Å². The van der Waals surface area contributed by atoms with Crippen molar-refractivity contribution in [1.82, 2.24) is 5.06 Å². The number of fused-ring (bicyclic) bond motifs is 5. The number of carbonyl (C=O) groups excluding carboxylic acids is 1. The Kier molecular flexibility index (Phi) is 5.41. The average Bonchev–Trinajstić information content (AvgIpc) is 2.84. The minimum Gasteiger partial charge on any atom is -0.390 e. The van der Waals surface area contributed by atoms with Gasteiger partial charge in [-0.15, -0.1) is 0 Å². The first kappa shape index (κ1) is 20.4. The number of nitrogens with zero attached hydrogens (tertiary/aromatic N) is 1. The molecule has 0 aliphatic heterocycles. The molecule has 4 heteroatoms. The Hall–Kier alpha value is -0.870. The van der Waals surface area contributed by atoms with Crippen molar-refractivity contribution in [3.63, 3.8) is 0 Å². The van der Waals surface area contributed by atoms with Gasteiger partial charge < -0.3 is 5.11 Å². The van der Waals surface area contributed by atoms with Crippen molar-refractivity contribution in [2.75, 3.05) is 14.2 Å². The van der Waals surface area contributed by atoms with E-state index in [4.69, 9.17) is 4.84 Å². The summed E-state index contributed by atoms with van der Waals surface area (Å²) in [6.07, 6.45) is 13.9. The van der Waals surface area contributed by atoms with Crippen molar-refractivity contribution in [3.8, 4) is 0 Å². The van der Waals surface area contributed by atoms with E-state index < -0.39 is 5.60 Å². The van der Waals surface area contributed by atoms with Gasteiger partial charge in [0.05, 0.1) is 12.7 Å². The lowest BCUT2D eigenvalue weighted by Crippen LogP contribution is -2.50. The Bertz CT molecular complexity index is 642. The van der Waals surface area contributed by atoms with Crippen molar-refractivity contribution < 1.29 is 14.7 Å². The maximum atomic E-state index is 12.7. The quantitative estimate of drug-likeness (QED) is 0.695. The highest BCUT2D eigenvalue weighted by molar-refractivity contribution is 5.92. The highest BCUT2D eigenvalue weighted by Gasteiger charge is 2.53. The summed E-state index contributed by atoms with van der Waals surface area (Å²) >= 11 is 0. The maximum absolute atomic E-state index is 12.7. The van der Waals surface area contributed by atoms with Gasteiger partial charge in [-0.1, -0.05) is 13.0 Å². The normalized spacial score (nSPS) is 45.8. The third kappa shape index (κ3) is 3.56. The lowest BCUT2D eigenvalue weighted by molar-refractivity contribution is -0.164. The van der Waals surface area contributed by atoms with Crippen LogP contribution in [0, 0.1) is 35.0 Å². The molecule has 1 N–H and O–H groups in total. The van der Waals surface area contributed by atoms with E-state index >= 15 is 0 Å². The molecule has 0 bridgehead atoms. The molecule has 3 fully saturated rings. The molecule has 4 aliphatic carbocycles. The molecule has 7 atom stereocenters. The molecule has 4 aliphatic rings. The van der Waals surface area contributed by atoms with Crippen LogP contribution in [-0.4, -0.2) is 35.8 Å². The molecule has 0 heterocycles. The van der Waals surface area contributed by atoms with Gasteiger partial charge in [-0.3, -0.25) is 9.63 Å². The summed E-state index contributed by atoms with van der Waals surface area (Å²) in [5, 5.41) is 11.9. The monoisotopic (exact) mass is 389 g/mol. The number of likely N-dealkylation sites (N-methyl/N-ethyl adjacent to an activating group) is 1. The van der Waals surface area contributed by atoms with Gasteiger partial charge >= 0.3 is 0 Å². The fourth-order valence-corrected chi connectivity index (χ4v) is 7.59. The zero-order valence-electron chi connectivity index (χ0n) is 18.2. The van der Waals surface area contributed by atoms with Gasteiger partial charge in [0.25, 0.3) is 5.91 Å². The topological polar surface area (TPSA) is 49.8 Å². The molecular formula is C24H39NO3. The summed E-state index contributed by atoms with van der Waals surface area (Å²) in [6, 6.07) is 0. The molecule has 4 rings (SSSR count). The SMILES string of the molecule is CON(C)C(=O)C1=C[C@@]2(C)CC[C@H]3[C@@H](CC[C@@H]4C[C@](C)(O)CC[C@@H]43)[C@@H]2CCC1. The Morgan fingerprint density at radius 2 is 1.86 bits per heavy atom. The molecule has 0 saturated heterocycles. The molecule has 4 nitrogen and oxygen atoms in total. The predicted molar refractivity (Wildman–Crippen MR) is 110 cm³/mol. The first-order valence-electron chi connectivity index (χ1n) is 11.5. The largest absolute Gasteiger partial charge is 0.390 e. The number of hydrogen-bond acceptors (Lipinski definition) is 3. The van der Waals surface area contributed by atoms with E-state index in [1.165, 1.54) is 43.6 Å². The molecule has 0 spiro atoms. The Morgan fingerprint density at radius 3 is 2.61 bits per heavy atom. The molecule has 0 unspecified atom stereocenters. The second-order valence-corrected chi connectivity index (χ2v) is 10.8. The molecule has 158 valence electrons. The van der Waals surface area contributed by atoms with Crippen LogP contribution in [0.3, 0.4) is 0 Å². The highest BCUT2D eigenvalue weighted by Crippen LogP contribution is 2.60. The summed E-state index contributed by atoms with van der Waals surface area (Å²) in [5.74, 6) is 3.91. The van der Waals surface area contributed by atoms with Gasteiger partial charge in [-0.2, -0.15) is 0 Å². The van der Waals surface area contributed by atoms with Crippen molar-refractivity contribution in [2.24, 2.45) is 35.0 Å². The first-order chi connectivity index (χ1) is 13.2. The molecule has 0 aromatic heterocycles. The summed E-state index contributed by atoms with van der Waals surface area (Å²) in [6.45, 7) is 4.45. The molecule has 3 saturated carbocycles. The first-order valence-corrected chi connectivity index (χ1v) is 11.5. The molecule has 28 heavy (non-hydrogen) atoms. The number of allylic oxidation sites excluding steroid dienone is 1. The van der Waals surface area contributed by atoms with Gasteiger partial charge in [0.1, 0.15) is 0 Å². The summed E-state index contributed by atoms with van der Waals surface area (Å²) < 4.78 is 0. The minimum absolute atomic E-state index is 0.0321. The van der Waals surface area contributed by atoms with E-state index in [1.807, 2.05) is 6.92 Å². The lowest BCUT2D eigenvalue weighted by Gasteiger charge is -2.57. The van der Waals surface area contributed by atoms with Crippen LogP contribution in [0.1, 0.15) is 78.1 Å². The Labute approximate surface area is 170 Å². The standard InChI is InChI=1S/C24H39NO3/c1-23-12-10-19-18-11-13-24(2,27)15-16(18)8-9-20(19)21(23)7-5-6-17(14-23)22(26)25(3)28-4/h14,16,18-21,27H,5-13,15H2,1-4H3/t16-,18+,19-,20-,21+,23-,24-/m1/s1. The molecule has 0 radical (unpaired) electrons. The fraction of sp³-hybridized carbons (Fsp3) is 0.875. The van der Waals surface area contributed by atoms with Crippen molar-refractivity contribution in [2.45, 2.75) is 83.7 Å². The van der Waals surface area contributed by atoms with E-state index in [1.54, 1.807) is 14.2 Å². The van der Waals surface area contributed by atoms with Crippen molar-refractivity contribution in [1.29, 1.82) is 0 Å². The zero-order valence-corrected chi connectivity index (χ0v) is 18.2. The van der Waals surface area contributed by atoms with E-state index in [2.05, 4.69) is 13.0 Å². The number of hydrogen-bond donors (Lipinski definition) is 1. The van der Waals surface area contributed by atoms with Crippen LogP contribution >= 0.6 is 0 Å². The van der Waals surface area contributed by atoms with Crippen LogP contribution in [0.15, 0.2) is 11.6 Å². The Morgan fingerprint density at radius 1 is 1.11 bits per heavy atom. The number of hydroxylamine groups is 2. The van der Waals surface area contributed by atoms with E-state index in [9.17, 15) is 9.90 Å². The molecule has 1 amide bonds. The second-order valence-electron chi connectivity index (χ2n) is 10.8. The van der Waals surface area contributed by atoms with Crippen LogP contribution in [0.5, 0.6) is 0 Å². The lowest BCUT2D eigenvalue weighted by atomic mass is 9.49. The van der Waals surface area contributed by atoms with Gasteiger partial charge in [-0.05, 0) is 106 Å². The molecular weight excluding hydrogens is 350 g/mol. The predicted octanol–water partition coefficient (Wildman–Crippen LogP) is 4.73. The van der Waals surface area contributed by atoms with Crippen LogP contribution < -0.4 is 0 Å². The second kappa shape index (κ2) is 7.43. The van der Waals surface area contributed by atoms with Gasteiger partial charge in [-0.25, -0.2) is 5.06 Å². The fourth-order valence-electron chi connectivity index (χ4n) is 7.59. The van der Waals surface area contributed by atoms with E-state index in [0.717, 1.165) is 54.9 Å². The Balaban J connectivity index is 1.56. The smallest absolute Gasteiger partial charge is 0.272 e.